The molecule has 1 aromatic rings. The lowest BCUT2D eigenvalue weighted by molar-refractivity contribution is -0.142. The van der Waals surface area contributed by atoms with Crippen LogP contribution in [0.3, 0.4) is 0 Å². The molecule has 0 saturated carbocycles. The van der Waals surface area contributed by atoms with Gasteiger partial charge in [0.05, 0.1) is 0 Å². The zero-order valence-corrected chi connectivity index (χ0v) is 19.0. The molecule has 1 N–H and O–H groups in total. The van der Waals surface area contributed by atoms with Crippen LogP contribution < -0.4 is 5.32 Å². The smallest absolute Gasteiger partial charge is 0.251 e. The molecule has 0 spiro atoms. The van der Waals surface area contributed by atoms with E-state index in [1.807, 2.05) is 9.47 Å². The summed E-state index contributed by atoms with van der Waals surface area (Å²) in [5.41, 5.74) is 0. The molecule has 0 aromatic carbocycles. The summed E-state index contributed by atoms with van der Waals surface area (Å²) in [5.74, 6) is 1.11. The number of halogens is 1. The van der Waals surface area contributed by atoms with Gasteiger partial charge in [0, 0.05) is 52.4 Å². The van der Waals surface area contributed by atoms with Gasteiger partial charge in [0.2, 0.25) is 0 Å². The Balaban J connectivity index is 0.00000280. The number of carbonyl (C=O) groups is 1. The first-order chi connectivity index (χ1) is 13.3. The van der Waals surface area contributed by atoms with Crippen molar-refractivity contribution < 1.29 is 9.53 Å². The first kappa shape index (κ1) is 22.9. The van der Waals surface area contributed by atoms with Gasteiger partial charge in [0.25, 0.3) is 5.91 Å². The minimum Gasteiger partial charge on any atom is -0.368 e. The molecule has 1 unspecified atom stereocenters. The van der Waals surface area contributed by atoms with Gasteiger partial charge in [0.15, 0.2) is 5.96 Å². The van der Waals surface area contributed by atoms with Crippen molar-refractivity contribution in [2.24, 2.45) is 4.99 Å². The maximum atomic E-state index is 12.5. The molecule has 1 amide bonds. The molecule has 3 heterocycles. The molecule has 0 bridgehead atoms. The standard InChI is InChI=1S/C18H31N7O2.HI/c1-2-19-18(20-7-3-4-8-23-14-21-22-15-23)25-11-9-24(10-12-25)17(26)16-6-5-13-27-16;/h14-16H,2-13H2,1H3,(H,19,20);1H. The second-order valence-electron chi connectivity index (χ2n) is 6.96. The highest BCUT2D eigenvalue weighted by Gasteiger charge is 2.30. The van der Waals surface area contributed by atoms with Crippen molar-refractivity contribution in [1.29, 1.82) is 0 Å². The lowest BCUT2D eigenvalue weighted by Crippen LogP contribution is -2.55. The number of unbranched alkanes of at least 4 members (excludes halogenated alkanes) is 1. The summed E-state index contributed by atoms with van der Waals surface area (Å²) in [4.78, 5) is 21.4. The van der Waals surface area contributed by atoms with Crippen molar-refractivity contribution in [3.63, 3.8) is 0 Å². The van der Waals surface area contributed by atoms with E-state index in [-0.39, 0.29) is 36.0 Å². The van der Waals surface area contributed by atoms with E-state index >= 15 is 0 Å². The summed E-state index contributed by atoms with van der Waals surface area (Å²) >= 11 is 0. The number of hydrogen-bond acceptors (Lipinski definition) is 5. The molecule has 2 saturated heterocycles. The lowest BCUT2D eigenvalue weighted by atomic mass is 10.2. The number of guanidine groups is 1. The van der Waals surface area contributed by atoms with Crippen LogP contribution >= 0.6 is 24.0 Å². The van der Waals surface area contributed by atoms with Crippen molar-refractivity contribution in [3.05, 3.63) is 12.7 Å². The number of aromatic nitrogens is 3. The summed E-state index contributed by atoms with van der Waals surface area (Å²) in [6.45, 7) is 8.43. The zero-order chi connectivity index (χ0) is 18.9. The summed E-state index contributed by atoms with van der Waals surface area (Å²) in [6, 6.07) is 0. The average molecular weight is 505 g/mol. The van der Waals surface area contributed by atoms with E-state index < -0.39 is 0 Å². The largest absolute Gasteiger partial charge is 0.368 e. The third-order valence-electron chi connectivity index (χ3n) is 4.98. The van der Waals surface area contributed by atoms with Crippen molar-refractivity contribution in [3.8, 4) is 0 Å². The summed E-state index contributed by atoms with van der Waals surface area (Å²) < 4.78 is 7.52. The average Bonchev–Trinajstić information content (AvgIpc) is 3.40. The van der Waals surface area contributed by atoms with Crippen LogP contribution in [0.1, 0.15) is 32.6 Å². The first-order valence-electron chi connectivity index (χ1n) is 10.0. The van der Waals surface area contributed by atoms with Crippen molar-refractivity contribution in [2.75, 3.05) is 45.9 Å². The predicted octanol–water partition coefficient (Wildman–Crippen LogP) is 0.965. The van der Waals surface area contributed by atoms with Gasteiger partial charge < -0.3 is 24.4 Å². The zero-order valence-electron chi connectivity index (χ0n) is 16.6. The Hall–Kier alpha value is -1.43. The molecule has 10 heteroatoms. The molecule has 158 valence electrons. The van der Waals surface area contributed by atoms with Crippen LogP contribution in [-0.2, 0) is 16.1 Å². The normalized spacial score (nSPS) is 20.2. The summed E-state index contributed by atoms with van der Waals surface area (Å²) in [6.07, 6.45) is 7.18. The highest BCUT2D eigenvalue weighted by molar-refractivity contribution is 14.0. The molecule has 1 atom stereocenters. The number of piperazine rings is 1. The Kier molecular flexibility index (Phi) is 9.96. The van der Waals surface area contributed by atoms with Crippen LogP contribution in [0, 0.1) is 0 Å². The minimum atomic E-state index is -0.218. The van der Waals surface area contributed by atoms with E-state index in [0.29, 0.717) is 6.61 Å². The van der Waals surface area contributed by atoms with Crippen molar-refractivity contribution in [2.45, 2.75) is 45.3 Å². The number of ether oxygens (including phenoxy) is 1. The van der Waals surface area contributed by atoms with Gasteiger partial charge in [-0.25, -0.2) is 0 Å². The molecule has 2 fully saturated rings. The maximum Gasteiger partial charge on any atom is 0.251 e. The molecule has 2 aliphatic rings. The number of nitrogens with one attached hydrogen (secondary N) is 1. The molecule has 1 aromatic heterocycles. The highest BCUT2D eigenvalue weighted by Crippen LogP contribution is 2.16. The van der Waals surface area contributed by atoms with Crippen LogP contribution in [0.4, 0.5) is 0 Å². The molecular weight excluding hydrogens is 473 g/mol. The van der Waals surface area contributed by atoms with Gasteiger partial charge in [-0.1, -0.05) is 0 Å². The number of aryl methyl sites for hydroxylation is 1. The third kappa shape index (κ3) is 6.57. The third-order valence-corrected chi connectivity index (χ3v) is 4.98. The monoisotopic (exact) mass is 505 g/mol. The quantitative estimate of drug-likeness (QED) is 0.257. The Morgan fingerprint density at radius 1 is 1.18 bits per heavy atom. The minimum absolute atomic E-state index is 0. The predicted molar refractivity (Wildman–Crippen MR) is 118 cm³/mol. The fourth-order valence-corrected chi connectivity index (χ4v) is 3.47. The molecule has 0 radical (unpaired) electrons. The Morgan fingerprint density at radius 2 is 1.89 bits per heavy atom. The SMILES string of the molecule is CCNC(=NCCCCn1cnnc1)N1CCN(C(=O)C2CCCO2)CC1.I. The van der Waals surface area contributed by atoms with Gasteiger partial charge in [-0.3, -0.25) is 9.79 Å². The van der Waals surface area contributed by atoms with Crippen LogP contribution in [0.15, 0.2) is 17.6 Å². The lowest BCUT2D eigenvalue weighted by Gasteiger charge is -2.37. The van der Waals surface area contributed by atoms with Crippen molar-refractivity contribution in [1.82, 2.24) is 29.9 Å². The molecule has 9 nitrogen and oxygen atoms in total. The van der Waals surface area contributed by atoms with Crippen LogP contribution in [-0.4, -0.2) is 88.4 Å². The number of hydrogen-bond donors (Lipinski definition) is 1. The van der Waals surface area contributed by atoms with Gasteiger partial charge in [-0.2, -0.15) is 0 Å². The second kappa shape index (κ2) is 12.2. The number of rotatable bonds is 7. The Labute approximate surface area is 183 Å². The Bertz CT molecular complexity index is 597. The highest BCUT2D eigenvalue weighted by atomic mass is 127. The topological polar surface area (TPSA) is 87.9 Å². The Morgan fingerprint density at radius 3 is 2.54 bits per heavy atom. The van der Waals surface area contributed by atoms with E-state index in [9.17, 15) is 4.79 Å². The summed E-state index contributed by atoms with van der Waals surface area (Å²) in [7, 11) is 0. The van der Waals surface area contributed by atoms with Crippen LogP contribution in [0.2, 0.25) is 0 Å². The van der Waals surface area contributed by atoms with E-state index in [4.69, 9.17) is 9.73 Å². The number of amides is 1. The van der Waals surface area contributed by atoms with Gasteiger partial charge in [-0.15, -0.1) is 34.2 Å². The van der Waals surface area contributed by atoms with Gasteiger partial charge in [-0.05, 0) is 32.6 Å². The fourth-order valence-electron chi connectivity index (χ4n) is 3.47. The van der Waals surface area contributed by atoms with Gasteiger partial charge >= 0.3 is 0 Å². The van der Waals surface area contributed by atoms with E-state index in [2.05, 4.69) is 27.3 Å². The van der Waals surface area contributed by atoms with Crippen molar-refractivity contribution >= 4 is 35.8 Å². The first-order valence-corrected chi connectivity index (χ1v) is 10.0. The number of carbonyl (C=O) groups excluding carboxylic acids is 1. The maximum absolute atomic E-state index is 12.5. The van der Waals surface area contributed by atoms with E-state index in [1.54, 1.807) is 12.7 Å². The van der Waals surface area contributed by atoms with Crippen LogP contribution in [0.5, 0.6) is 0 Å². The fraction of sp³-hybridized carbons (Fsp3) is 0.778. The van der Waals surface area contributed by atoms with E-state index in [0.717, 1.165) is 77.5 Å². The number of aliphatic imine (C=N–C) groups is 1. The number of nitrogens with zero attached hydrogens (tertiary/aromatic N) is 6. The van der Waals surface area contributed by atoms with E-state index in [1.165, 1.54) is 0 Å². The molecule has 2 aliphatic heterocycles. The van der Waals surface area contributed by atoms with Gasteiger partial charge in [0.1, 0.15) is 18.8 Å². The second-order valence-corrected chi connectivity index (χ2v) is 6.96. The van der Waals surface area contributed by atoms with Crippen LogP contribution in [0.25, 0.3) is 0 Å². The molecule has 0 aliphatic carbocycles. The molecular formula is C18H32IN7O2. The molecule has 28 heavy (non-hydrogen) atoms. The summed E-state index contributed by atoms with van der Waals surface area (Å²) in [5, 5.41) is 11.0. The molecule has 3 rings (SSSR count).